The molecule has 194 valence electrons. The average Bonchev–Trinajstić information content (AvgIpc) is 3.19. The highest BCUT2D eigenvalue weighted by molar-refractivity contribution is 5.89. The molecule has 0 amide bonds. The molecule has 0 radical (unpaired) electrons. The van der Waals surface area contributed by atoms with Crippen molar-refractivity contribution in [2.45, 2.75) is 26.4 Å². The second-order valence-electron chi connectivity index (χ2n) is 6.61. The van der Waals surface area contributed by atoms with Crippen LogP contribution in [0.25, 0.3) is 0 Å². The maximum Gasteiger partial charge on any atom is 0.385 e. The second kappa shape index (κ2) is 17.5. The van der Waals surface area contributed by atoms with E-state index in [0.717, 1.165) is 0 Å². The number of hydrogen-bond acceptors (Lipinski definition) is 5. The lowest BCUT2D eigenvalue weighted by atomic mass is 9.85. The van der Waals surface area contributed by atoms with Gasteiger partial charge in [-0.3, -0.25) is 0 Å². The predicted octanol–water partition coefficient (Wildman–Crippen LogP) is 3.91. The van der Waals surface area contributed by atoms with Crippen molar-refractivity contribution < 1.29 is 45.9 Å². The number of esters is 1. The van der Waals surface area contributed by atoms with E-state index in [4.69, 9.17) is 9.47 Å². The highest BCUT2D eigenvalue weighted by atomic mass is 16.5. The maximum atomic E-state index is 11.6. The Morgan fingerprint density at radius 3 is 1.94 bits per heavy atom. The molecule has 0 aliphatic carbocycles. The van der Waals surface area contributed by atoms with E-state index in [-0.39, 0.29) is 65.1 Å². The topological polar surface area (TPSA) is 76.0 Å². The van der Waals surface area contributed by atoms with E-state index >= 15 is 0 Å². The van der Waals surface area contributed by atoms with Crippen molar-refractivity contribution in [1.82, 2.24) is 0 Å². The fraction of sp³-hybridized carbons (Fsp3) is 0.393. The molecule has 1 rings (SSSR count). The van der Waals surface area contributed by atoms with Crippen LogP contribution in [0, 0.1) is 112 Å². The summed E-state index contributed by atoms with van der Waals surface area (Å²) in [6.07, 6.45) is 0.148. The fourth-order valence-electron chi connectivity index (χ4n) is 2.82. The molecule has 0 aromatic heterocycles. The number of ether oxygens (including phenoxy) is 2. The van der Waals surface area contributed by atoms with E-state index in [0.29, 0.717) is 13.0 Å². The summed E-state index contributed by atoms with van der Waals surface area (Å²) in [5, 5.41) is 19.1. The largest absolute Gasteiger partial charge is 0.456 e. The number of rotatable bonds is 6. The van der Waals surface area contributed by atoms with Crippen molar-refractivity contribution in [3.63, 3.8) is 0 Å². The lowest BCUT2D eigenvalue weighted by Crippen LogP contribution is -2.33. The molecule has 0 saturated carbocycles. The molecule has 2 N–H and O–H groups in total. The maximum absolute atomic E-state index is 11.6. The van der Waals surface area contributed by atoms with Gasteiger partial charge in [0.1, 0.15) is 0 Å². The predicted molar refractivity (Wildman–Crippen MR) is 155 cm³/mol. The van der Waals surface area contributed by atoms with Crippen LogP contribution in [0.2, 0.25) is 0 Å². The molecule has 5 heteroatoms. The smallest absolute Gasteiger partial charge is 0.385 e. The van der Waals surface area contributed by atoms with Crippen LogP contribution in [0.5, 0.6) is 0 Å². The summed E-state index contributed by atoms with van der Waals surface area (Å²) >= 11 is 0. The molecule has 0 spiro atoms. The van der Waals surface area contributed by atoms with Gasteiger partial charge in [0.25, 0.3) is 0 Å². The number of carbonyl (C=O) groups excluding carboxylic acids is 1. The Bertz CT molecular complexity index is 1230. The van der Waals surface area contributed by atoms with Gasteiger partial charge in [-0.25, -0.2) is 4.79 Å². The molecule has 1 saturated heterocycles. The van der Waals surface area contributed by atoms with Crippen molar-refractivity contribution in [3.8, 4) is 94.7 Å². The Morgan fingerprint density at radius 1 is 0.939 bits per heavy atom. The Morgan fingerprint density at radius 2 is 1.45 bits per heavy atom. The lowest BCUT2D eigenvalue weighted by molar-refractivity contribution is -0.137. The van der Waals surface area contributed by atoms with Crippen LogP contribution in [0.1, 0.15) is 41.7 Å². The van der Waals surface area contributed by atoms with Crippen LogP contribution in [0.15, 0.2) is 0 Å². The van der Waals surface area contributed by atoms with Gasteiger partial charge in [0.05, 0.1) is 12.7 Å². The van der Waals surface area contributed by atoms with E-state index in [1.54, 1.807) is 6.92 Å². The number of aliphatic hydroxyl groups is 2. The van der Waals surface area contributed by atoms with Crippen molar-refractivity contribution >= 4 is 5.97 Å². The van der Waals surface area contributed by atoms with Crippen molar-refractivity contribution in [2.75, 3.05) is 26.4 Å². The molecule has 1 aliphatic rings. The van der Waals surface area contributed by atoms with Gasteiger partial charge in [0.2, 0.25) is 0 Å². The van der Waals surface area contributed by atoms with Crippen LogP contribution in [-0.4, -0.2) is 48.7 Å². The zero-order valence-corrected chi connectivity index (χ0v) is 18.5. The number of carbonyl (C=O) groups is 1. The normalized spacial score (nSPS) is 17.5. The third-order valence-electron chi connectivity index (χ3n) is 4.44. The van der Waals surface area contributed by atoms with Gasteiger partial charge in [0.15, 0.2) is 0 Å². The number of aliphatic hydroxyl groups excluding tert-OH is 2. The summed E-state index contributed by atoms with van der Waals surface area (Å²) in [5.41, 5.74) is 0. The molecule has 1 heterocycles. The summed E-state index contributed by atoms with van der Waals surface area (Å²) in [6.45, 7) is 4.18. The van der Waals surface area contributed by atoms with Crippen LogP contribution in [-0.2, 0) is 14.3 Å². The summed E-state index contributed by atoms with van der Waals surface area (Å²) in [4.78, 5) is 11.6. The van der Waals surface area contributed by atoms with Crippen LogP contribution < -0.4 is 0 Å². The highest BCUT2D eigenvalue weighted by Crippen LogP contribution is 2.32. The highest BCUT2D eigenvalue weighted by Gasteiger charge is 2.38. The van der Waals surface area contributed by atoms with E-state index < -0.39 is 5.97 Å². The first kappa shape index (κ1) is 26.9. The van der Waals surface area contributed by atoms with Gasteiger partial charge in [-0.2, -0.15) is 0 Å². The molecule has 4 atom stereocenters. The molecule has 5 nitrogen and oxygen atoms in total. The minimum atomic E-state index is -0.726. The third-order valence-corrected chi connectivity index (χ3v) is 4.44. The minimum absolute atomic E-state index is 0. The van der Waals surface area contributed by atoms with Crippen molar-refractivity contribution in [1.29, 1.82) is 0 Å². The van der Waals surface area contributed by atoms with Crippen molar-refractivity contribution in [2.24, 2.45) is 17.8 Å². The number of hydrogen-bond donors (Lipinski definition) is 2. The third kappa shape index (κ3) is 11.7. The first-order valence-electron chi connectivity index (χ1n) is 10.1. The molecular weight excluding hydrogens is 416 g/mol. The molecule has 0 aromatic carbocycles. The average molecular weight is 469 g/mol. The summed E-state index contributed by atoms with van der Waals surface area (Å²) in [6, 6.07) is 0. The van der Waals surface area contributed by atoms with Gasteiger partial charge >= 0.3 is 5.97 Å². The fourth-order valence-corrected chi connectivity index (χ4v) is 2.82. The molecule has 1 fully saturated rings. The van der Waals surface area contributed by atoms with Crippen LogP contribution >= 0.6 is 0 Å². The summed E-state index contributed by atoms with van der Waals surface area (Å²) in [7, 11) is 0. The van der Waals surface area contributed by atoms with E-state index in [1.165, 1.54) is 0 Å². The van der Waals surface area contributed by atoms with Gasteiger partial charge in [0, 0.05) is 59.0 Å². The molecule has 1 aliphatic heterocycles. The van der Waals surface area contributed by atoms with Crippen molar-refractivity contribution in [3.05, 3.63) is 0 Å². The first-order valence-corrected chi connectivity index (χ1v) is 10.1. The second-order valence-corrected chi connectivity index (χ2v) is 6.61. The van der Waals surface area contributed by atoms with E-state index in [9.17, 15) is 15.0 Å². The Balaban J connectivity index is -0.0000000558. The van der Waals surface area contributed by atoms with Gasteiger partial charge in [-0.05, 0) is 102 Å². The Kier molecular flexibility index (Phi) is 14.3. The Labute approximate surface area is 218 Å². The van der Waals surface area contributed by atoms with E-state index in [1.807, 2.05) is 6.92 Å². The van der Waals surface area contributed by atoms with Crippen LogP contribution in [0.4, 0.5) is 0 Å². The Hall–Kier alpha value is -4.17. The van der Waals surface area contributed by atoms with Crippen LogP contribution in [0.3, 0.4) is 0 Å². The quantitative estimate of drug-likeness (QED) is 0.351. The standard InChI is InChI=1S/C28H22O5.15H2/c1-3-4-5-6-7-8-9-10-11-12-13-14-15-16-17-18-27(31)32-20-19-25(21-29)28-26(22-30)24(2)23-33-28;;;;;;;;;;;;;;;/h24-26,28-30H,19-23H2,1-2H3;15*1H/t24?,25?,26-,28?;;;;;;;;;;;;;;;/m0.............../s1. The zero-order chi connectivity index (χ0) is 24.2. The lowest BCUT2D eigenvalue weighted by Gasteiger charge is -2.26. The summed E-state index contributed by atoms with van der Waals surface area (Å²) in [5.74, 6) is 38.7. The SMILES string of the molecule is CC#CC#CC#CC#CC#CC#CC#CC#CC(=O)OCCC(CO)C1OCC(C)[C@@H]1CO.[HH].[HH].[HH].[HH].[HH].[HH].[HH].[HH].[HH].[HH].[HH].[HH].[HH].[HH].[HH]. The van der Waals surface area contributed by atoms with Gasteiger partial charge in [-0.15, -0.1) is 0 Å². The molecule has 3 unspecified atom stereocenters. The van der Waals surface area contributed by atoms with Gasteiger partial charge < -0.3 is 19.7 Å². The monoisotopic (exact) mass is 468 g/mol. The van der Waals surface area contributed by atoms with Gasteiger partial charge in [-0.1, -0.05) is 12.8 Å². The molecular formula is C28H52O5. The molecule has 0 aromatic rings. The summed E-state index contributed by atoms with van der Waals surface area (Å²) < 4.78 is 10.7. The zero-order valence-electron chi connectivity index (χ0n) is 18.5. The minimum Gasteiger partial charge on any atom is -0.456 e. The molecule has 0 bridgehead atoms. The first-order chi connectivity index (χ1) is 16.1. The molecule has 33 heavy (non-hydrogen) atoms. The van der Waals surface area contributed by atoms with E-state index in [2.05, 4.69) is 94.7 Å².